The maximum atomic E-state index is 0. The summed E-state index contributed by atoms with van der Waals surface area (Å²) in [4.78, 5) is 0. The Morgan fingerprint density at radius 3 is 0.500 bits per heavy atom. The molecule has 0 atom stereocenters. The first kappa shape index (κ1) is 71.4. The van der Waals surface area contributed by atoms with Crippen LogP contribution in [-0.2, 0) is 93.0 Å². The molecular weight excluding hydrogens is 299 g/mol. The van der Waals surface area contributed by atoms with Gasteiger partial charge in [-0.2, -0.15) is 0 Å². The molecule has 0 fully saturated rings. The molecule has 0 unspecified atom stereocenters. The van der Waals surface area contributed by atoms with Crippen molar-refractivity contribution in [1.29, 1.82) is 0 Å². The fraction of sp³-hybridized carbons (Fsp3) is 0. The smallest absolute Gasteiger partial charge is 2.00 e. The van der Waals surface area contributed by atoms with Gasteiger partial charge < -0.3 is 27.0 Å². The van der Waals surface area contributed by atoms with E-state index in [2.05, 4.69) is 0 Å². The zero-order valence-electron chi connectivity index (χ0n) is 2.08. The fourth-order valence-corrected chi connectivity index (χ4v) is 0. The second-order valence-electron chi connectivity index (χ2n) is 0. The van der Waals surface area contributed by atoms with Gasteiger partial charge in [-0.1, -0.05) is 0 Å². The summed E-state index contributed by atoms with van der Waals surface area (Å²) in [5.41, 5.74) is 0. The van der Waals surface area contributed by atoms with Crippen molar-refractivity contribution in [2.45, 2.75) is 0 Å². The van der Waals surface area contributed by atoms with Crippen LogP contribution in [0.15, 0.2) is 0 Å². The predicted molar refractivity (Wildman–Crippen MR) is 14.7 cm³/mol. The molecule has 0 heterocycles. The molecule has 6 heavy (non-hydrogen) atoms. The van der Waals surface area contributed by atoms with E-state index in [9.17, 15) is 0 Å². The minimum Gasteiger partial charge on any atom is -2.00 e. The molecule has 0 radical (unpaired) electrons. The molecule has 0 amide bonds. The molecule has 0 spiro atoms. The summed E-state index contributed by atoms with van der Waals surface area (Å²) in [6.45, 7) is 0. The van der Waals surface area contributed by atoms with E-state index in [1.165, 1.54) is 0 Å². The molecule has 0 saturated heterocycles. The Balaban J connectivity index is 0. The minimum atomic E-state index is 0. The Morgan fingerprint density at radius 1 is 0.500 bits per heavy atom. The molecule has 0 saturated carbocycles. The van der Waals surface area contributed by atoms with Gasteiger partial charge >= 0.3 is 33.0 Å². The molecule has 0 aromatic heterocycles. The van der Waals surface area contributed by atoms with Gasteiger partial charge in [0.05, 0.1) is 0 Å². The van der Waals surface area contributed by atoms with E-state index in [1.807, 2.05) is 0 Å². The average molecular weight is 299 g/mol. The van der Waals surface area contributed by atoms with Crippen molar-refractivity contribution < 1.29 is 66.0 Å². The second-order valence-corrected chi connectivity index (χ2v) is 0. The fourth-order valence-electron chi connectivity index (χ4n) is 0. The van der Waals surface area contributed by atoms with Gasteiger partial charge in [-0.3, -0.25) is 0 Å². The molecule has 0 aromatic carbocycles. The first-order valence-corrected chi connectivity index (χ1v) is 0. The van der Waals surface area contributed by atoms with Crippen molar-refractivity contribution in [2.24, 2.45) is 0 Å². The van der Waals surface area contributed by atoms with Gasteiger partial charge in [-0.25, -0.2) is 0 Å². The van der Waals surface area contributed by atoms with Crippen molar-refractivity contribution in [3.8, 4) is 0 Å². The summed E-state index contributed by atoms with van der Waals surface area (Å²) in [5.74, 6) is 0. The Labute approximate surface area is 91.9 Å². The van der Waals surface area contributed by atoms with Gasteiger partial charge in [0.2, 0.25) is 0 Å². The second kappa shape index (κ2) is 47.8. The van der Waals surface area contributed by atoms with Crippen LogP contribution in [0.5, 0.6) is 0 Å². The van der Waals surface area contributed by atoms with Gasteiger partial charge in [-0.05, 0) is 0 Å². The van der Waals surface area contributed by atoms with Crippen LogP contribution in [0.1, 0.15) is 0 Å². The van der Waals surface area contributed by atoms with Crippen LogP contribution in [0.25, 0.3) is 0 Å². The molecule has 0 aliphatic heterocycles. The standard InChI is InChI=1S/4Ni.2S/q;;2*+2;2*-2. The van der Waals surface area contributed by atoms with E-state index in [0.717, 1.165) is 0 Å². The van der Waals surface area contributed by atoms with Gasteiger partial charge in [0, 0.05) is 33.0 Å². The van der Waals surface area contributed by atoms with Gasteiger partial charge in [0.15, 0.2) is 0 Å². The molecule has 0 bridgehead atoms. The number of hydrogen-bond acceptors (Lipinski definition) is 0. The summed E-state index contributed by atoms with van der Waals surface area (Å²) in [7, 11) is 0. The summed E-state index contributed by atoms with van der Waals surface area (Å²) < 4.78 is 0. The van der Waals surface area contributed by atoms with E-state index in [1.54, 1.807) is 0 Å². The van der Waals surface area contributed by atoms with E-state index in [-0.39, 0.29) is 93.0 Å². The third-order valence-corrected chi connectivity index (χ3v) is 0. The van der Waals surface area contributed by atoms with Crippen LogP contribution in [0.4, 0.5) is 0 Å². The minimum absolute atomic E-state index is 0. The topological polar surface area (TPSA) is 0 Å². The van der Waals surface area contributed by atoms with Crippen LogP contribution < -0.4 is 0 Å². The third kappa shape index (κ3) is 30.0. The third-order valence-electron chi connectivity index (χ3n) is 0. The first-order valence-electron chi connectivity index (χ1n) is 0. The monoisotopic (exact) mass is 296 g/mol. The van der Waals surface area contributed by atoms with Crippen LogP contribution in [0.3, 0.4) is 0 Å². The normalized spacial score (nSPS) is 0. The van der Waals surface area contributed by atoms with Crippen molar-refractivity contribution >= 4 is 27.0 Å². The van der Waals surface area contributed by atoms with Crippen molar-refractivity contribution in [1.82, 2.24) is 0 Å². The Bertz CT molecular complexity index is 5.51. The first-order chi connectivity index (χ1) is 0. The van der Waals surface area contributed by atoms with E-state index >= 15 is 0 Å². The van der Waals surface area contributed by atoms with Crippen molar-refractivity contribution in [3.63, 3.8) is 0 Å². The van der Waals surface area contributed by atoms with Gasteiger partial charge in [0.1, 0.15) is 0 Å². The van der Waals surface area contributed by atoms with Crippen molar-refractivity contribution in [2.75, 3.05) is 0 Å². The molecular formula is Ni4S2. The molecule has 0 aliphatic rings. The molecule has 0 aliphatic carbocycles. The quantitative estimate of drug-likeness (QED) is 0.552. The Hall–Kier alpha value is 2.67. The Kier molecular flexibility index (Phi) is 569. The molecule has 0 N–H and O–H groups in total. The molecule has 52 valence electrons. The van der Waals surface area contributed by atoms with Gasteiger partial charge in [-0.15, -0.1) is 0 Å². The summed E-state index contributed by atoms with van der Waals surface area (Å²) in [6.07, 6.45) is 0. The van der Waals surface area contributed by atoms with E-state index < -0.39 is 0 Å². The molecule has 6 heteroatoms. The summed E-state index contributed by atoms with van der Waals surface area (Å²) >= 11 is 0. The zero-order valence-corrected chi connectivity index (χ0v) is 7.66. The summed E-state index contributed by atoms with van der Waals surface area (Å²) in [5, 5.41) is 0. The van der Waals surface area contributed by atoms with Crippen LogP contribution >= 0.6 is 0 Å². The largest absolute Gasteiger partial charge is 2.00 e. The van der Waals surface area contributed by atoms with Gasteiger partial charge in [0.25, 0.3) is 0 Å². The average Bonchev–Trinajstić information content (AvgIpc) is 0. The maximum Gasteiger partial charge on any atom is 2.00 e. The number of rotatable bonds is 0. The predicted octanol–water partition coefficient (Wildman–Crippen LogP) is -0.0148. The van der Waals surface area contributed by atoms with E-state index in [4.69, 9.17) is 0 Å². The van der Waals surface area contributed by atoms with Crippen LogP contribution in [0.2, 0.25) is 0 Å². The van der Waals surface area contributed by atoms with E-state index in [0.29, 0.717) is 0 Å². The molecule has 0 nitrogen and oxygen atoms in total. The number of hydrogen-bond donors (Lipinski definition) is 0. The Morgan fingerprint density at radius 2 is 0.500 bits per heavy atom. The zero-order chi connectivity index (χ0) is 0. The maximum absolute atomic E-state index is 0. The van der Waals surface area contributed by atoms with Crippen LogP contribution in [0, 0.1) is 0 Å². The SMILES string of the molecule is [Ni+2].[Ni+2].[Ni].[Ni].[S-2].[S-2]. The van der Waals surface area contributed by atoms with Crippen LogP contribution in [-0.4, -0.2) is 0 Å². The molecule has 0 rings (SSSR count). The molecule has 0 aromatic rings. The summed E-state index contributed by atoms with van der Waals surface area (Å²) in [6, 6.07) is 0. The van der Waals surface area contributed by atoms with Crippen molar-refractivity contribution in [3.05, 3.63) is 0 Å².